The van der Waals surface area contributed by atoms with E-state index < -0.39 is 0 Å². The van der Waals surface area contributed by atoms with Crippen LogP contribution in [-0.2, 0) is 6.42 Å². The average molecular weight is 307 g/mol. The van der Waals surface area contributed by atoms with E-state index in [-0.39, 0.29) is 5.91 Å². The molecule has 0 atom stereocenters. The number of hydrogen-bond donors (Lipinski definition) is 1. The molecule has 116 valence electrons. The maximum Gasteiger partial charge on any atom is 0.255 e. The monoisotopic (exact) mass is 307 g/mol. The van der Waals surface area contributed by atoms with E-state index in [4.69, 9.17) is 4.42 Å². The predicted octanol–water partition coefficient (Wildman–Crippen LogP) is 3.86. The minimum atomic E-state index is -0.140. The van der Waals surface area contributed by atoms with Gasteiger partial charge in [-0.2, -0.15) is 0 Å². The Morgan fingerprint density at radius 2 is 1.83 bits per heavy atom. The van der Waals surface area contributed by atoms with E-state index in [1.807, 2.05) is 24.3 Å². The van der Waals surface area contributed by atoms with Gasteiger partial charge in [0, 0.05) is 23.7 Å². The first-order valence-electron chi connectivity index (χ1n) is 7.47. The number of carbonyl (C=O) groups is 1. The molecule has 0 fully saturated rings. The fourth-order valence-electron chi connectivity index (χ4n) is 2.32. The minimum absolute atomic E-state index is 0.140. The Kier molecular flexibility index (Phi) is 4.19. The fourth-order valence-corrected chi connectivity index (χ4v) is 2.32. The van der Waals surface area contributed by atoms with Gasteiger partial charge in [0.25, 0.3) is 5.91 Å². The van der Waals surface area contributed by atoms with Crippen molar-refractivity contribution >= 4 is 11.6 Å². The van der Waals surface area contributed by atoms with Crippen molar-refractivity contribution in [2.45, 2.75) is 20.3 Å². The molecule has 5 heteroatoms. The maximum atomic E-state index is 12.4. The maximum absolute atomic E-state index is 12.4. The Labute approximate surface area is 134 Å². The first-order valence-corrected chi connectivity index (χ1v) is 7.47. The summed E-state index contributed by atoms with van der Waals surface area (Å²) in [5.41, 5.74) is 3.32. The van der Waals surface area contributed by atoms with E-state index in [0.29, 0.717) is 17.3 Å². The molecule has 0 aliphatic rings. The van der Waals surface area contributed by atoms with Crippen LogP contribution in [0, 0.1) is 6.92 Å². The number of amides is 1. The molecule has 0 bridgehead atoms. The van der Waals surface area contributed by atoms with Gasteiger partial charge < -0.3 is 9.73 Å². The summed E-state index contributed by atoms with van der Waals surface area (Å²) in [4.78, 5) is 12.4. The first kappa shape index (κ1) is 15.0. The number of hydrogen-bond acceptors (Lipinski definition) is 4. The summed E-state index contributed by atoms with van der Waals surface area (Å²) in [7, 11) is 0. The highest BCUT2D eigenvalue weighted by molar-refractivity contribution is 6.04. The lowest BCUT2D eigenvalue weighted by molar-refractivity contribution is 0.102. The van der Waals surface area contributed by atoms with E-state index in [2.05, 4.69) is 22.4 Å². The van der Waals surface area contributed by atoms with Crippen LogP contribution in [0.5, 0.6) is 0 Å². The van der Waals surface area contributed by atoms with E-state index in [0.717, 1.165) is 23.2 Å². The second-order valence-electron chi connectivity index (χ2n) is 5.17. The number of aromatic nitrogens is 2. The van der Waals surface area contributed by atoms with Gasteiger partial charge in [-0.1, -0.05) is 25.1 Å². The smallest absolute Gasteiger partial charge is 0.255 e. The second-order valence-corrected chi connectivity index (χ2v) is 5.17. The van der Waals surface area contributed by atoms with Gasteiger partial charge in [0.2, 0.25) is 11.8 Å². The Morgan fingerprint density at radius 1 is 1.09 bits per heavy atom. The zero-order chi connectivity index (χ0) is 16.2. The molecule has 5 nitrogen and oxygen atoms in total. The van der Waals surface area contributed by atoms with Crippen molar-refractivity contribution in [3.8, 4) is 11.5 Å². The van der Waals surface area contributed by atoms with Crippen molar-refractivity contribution in [1.29, 1.82) is 0 Å². The number of nitrogens with one attached hydrogen (secondary N) is 1. The highest BCUT2D eigenvalue weighted by Gasteiger charge is 2.10. The van der Waals surface area contributed by atoms with Crippen LogP contribution in [0.2, 0.25) is 0 Å². The molecule has 1 heterocycles. The Balaban J connectivity index is 1.78. The number of para-hydroxylation sites is 1. The second kappa shape index (κ2) is 6.44. The summed E-state index contributed by atoms with van der Waals surface area (Å²) >= 11 is 0. The van der Waals surface area contributed by atoms with Crippen molar-refractivity contribution in [3.05, 3.63) is 65.5 Å². The number of rotatable bonds is 4. The molecule has 0 unspecified atom stereocenters. The van der Waals surface area contributed by atoms with Crippen LogP contribution in [0.15, 0.2) is 52.9 Å². The summed E-state index contributed by atoms with van der Waals surface area (Å²) in [6.07, 6.45) is 0.867. The van der Waals surface area contributed by atoms with Crippen LogP contribution in [0.3, 0.4) is 0 Å². The molecule has 2 aromatic carbocycles. The number of benzene rings is 2. The van der Waals surface area contributed by atoms with Crippen molar-refractivity contribution in [3.63, 3.8) is 0 Å². The van der Waals surface area contributed by atoms with Gasteiger partial charge in [-0.15, -0.1) is 10.2 Å². The number of nitrogens with zero attached hydrogens (tertiary/aromatic N) is 2. The molecule has 23 heavy (non-hydrogen) atoms. The molecular formula is C18H17N3O2. The molecule has 3 aromatic rings. The summed E-state index contributed by atoms with van der Waals surface area (Å²) in [6, 6.07) is 14.9. The first-order chi connectivity index (χ1) is 11.2. The number of aryl methyl sites for hydroxylation is 2. The minimum Gasteiger partial charge on any atom is -0.421 e. The zero-order valence-electron chi connectivity index (χ0n) is 13.0. The molecule has 0 radical (unpaired) electrons. The van der Waals surface area contributed by atoms with Gasteiger partial charge >= 0.3 is 0 Å². The van der Waals surface area contributed by atoms with Gasteiger partial charge in [0.05, 0.1) is 0 Å². The Bertz CT molecular complexity index is 822. The lowest BCUT2D eigenvalue weighted by Crippen LogP contribution is -2.13. The molecule has 0 aliphatic heterocycles. The third-order valence-electron chi connectivity index (χ3n) is 3.57. The molecule has 0 spiro atoms. The SMILES string of the molecule is CCc1ccccc1NC(=O)c1ccc(-c2nnc(C)o2)cc1. The Morgan fingerprint density at radius 3 is 2.48 bits per heavy atom. The van der Waals surface area contributed by atoms with Crippen LogP contribution in [-0.4, -0.2) is 16.1 Å². The average Bonchev–Trinajstić information content (AvgIpc) is 3.02. The molecule has 1 aromatic heterocycles. The largest absolute Gasteiger partial charge is 0.421 e. The lowest BCUT2D eigenvalue weighted by atomic mass is 10.1. The van der Waals surface area contributed by atoms with Crippen LogP contribution in [0.4, 0.5) is 5.69 Å². The van der Waals surface area contributed by atoms with Gasteiger partial charge in [0.1, 0.15) is 0 Å². The molecule has 0 saturated heterocycles. The molecule has 0 aliphatic carbocycles. The van der Waals surface area contributed by atoms with Crippen LogP contribution in [0.1, 0.15) is 28.7 Å². The standard InChI is InChI=1S/C18H17N3O2/c1-3-13-6-4-5-7-16(13)19-17(22)14-8-10-15(11-9-14)18-21-20-12(2)23-18/h4-11H,3H2,1-2H3,(H,19,22). The predicted molar refractivity (Wildman–Crippen MR) is 88.2 cm³/mol. The van der Waals surface area contributed by atoms with Gasteiger partial charge in [-0.25, -0.2) is 0 Å². The van der Waals surface area contributed by atoms with Crippen molar-refractivity contribution < 1.29 is 9.21 Å². The highest BCUT2D eigenvalue weighted by atomic mass is 16.4. The highest BCUT2D eigenvalue weighted by Crippen LogP contribution is 2.20. The summed E-state index contributed by atoms with van der Waals surface area (Å²) in [5.74, 6) is 0.822. The summed E-state index contributed by atoms with van der Waals surface area (Å²) in [5, 5.41) is 10.7. The van der Waals surface area contributed by atoms with E-state index in [1.165, 1.54) is 0 Å². The van der Waals surface area contributed by atoms with Gasteiger partial charge in [-0.05, 0) is 42.3 Å². The van der Waals surface area contributed by atoms with Crippen LogP contribution >= 0.6 is 0 Å². The molecule has 3 rings (SSSR count). The van der Waals surface area contributed by atoms with Gasteiger partial charge in [0.15, 0.2) is 0 Å². The van der Waals surface area contributed by atoms with Crippen molar-refractivity contribution in [2.75, 3.05) is 5.32 Å². The van der Waals surface area contributed by atoms with Crippen molar-refractivity contribution in [1.82, 2.24) is 10.2 Å². The number of carbonyl (C=O) groups excluding carboxylic acids is 1. The fraction of sp³-hybridized carbons (Fsp3) is 0.167. The quantitative estimate of drug-likeness (QED) is 0.794. The van der Waals surface area contributed by atoms with E-state index >= 15 is 0 Å². The molecule has 1 N–H and O–H groups in total. The summed E-state index contributed by atoms with van der Waals surface area (Å²) < 4.78 is 5.37. The Hall–Kier alpha value is -2.95. The van der Waals surface area contributed by atoms with Crippen molar-refractivity contribution in [2.24, 2.45) is 0 Å². The number of anilines is 1. The molecule has 0 saturated carbocycles. The lowest BCUT2D eigenvalue weighted by Gasteiger charge is -2.09. The topological polar surface area (TPSA) is 68.0 Å². The van der Waals surface area contributed by atoms with Gasteiger partial charge in [-0.3, -0.25) is 4.79 Å². The third kappa shape index (κ3) is 3.29. The van der Waals surface area contributed by atoms with E-state index in [1.54, 1.807) is 31.2 Å². The van der Waals surface area contributed by atoms with E-state index in [9.17, 15) is 4.79 Å². The molecular weight excluding hydrogens is 290 g/mol. The van der Waals surface area contributed by atoms with Crippen LogP contribution in [0.25, 0.3) is 11.5 Å². The van der Waals surface area contributed by atoms with Crippen LogP contribution < -0.4 is 5.32 Å². The third-order valence-corrected chi connectivity index (χ3v) is 3.57. The normalized spacial score (nSPS) is 10.5. The zero-order valence-corrected chi connectivity index (χ0v) is 13.0. The summed E-state index contributed by atoms with van der Waals surface area (Å²) in [6.45, 7) is 3.80. The molecule has 1 amide bonds.